The van der Waals surface area contributed by atoms with E-state index in [1.165, 1.54) is 12.0 Å². The van der Waals surface area contributed by atoms with Crippen molar-refractivity contribution in [3.8, 4) is 11.1 Å². The fraction of sp³-hybridized carbons (Fsp3) is 0.240. The number of anilines is 1. The summed E-state index contributed by atoms with van der Waals surface area (Å²) in [5.74, 6) is -1.44. The first kappa shape index (κ1) is 23.1. The van der Waals surface area contributed by atoms with Gasteiger partial charge in [-0.1, -0.05) is 18.2 Å². The molecule has 2 aromatic heterocycles. The van der Waals surface area contributed by atoms with Crippen LogP contribution in [0.3, 0.4) is 0 Å². The lowest BCUT2D eigenvalue weighted by atomic mass is 10.0. The SMILES string of the molecule is CCOC(=O)c1c(-c2cccc(NC3=C(C(=O)OC)CN(CCO)C3=O)c2)cn2ccccc12. The number of aliphatic hydroxyl groups is 1. The van der Waals surface area contributed by atoms with E-state index in [2.05, 4.69) is 5.32 Å². The number of carbonyl (C=O) groups is 3. The normalized spacial score (nSPS) is 13.5. The second-order valence-electron chi connectivity index (χ2n) is 7.63. The molecule has 1 aromatic carbocycles. The predicted octanol–water partition coefficient (Wildman–Crippen LogP) is 2.46. The second kappa shape index (κ2) is 9.80. The number of hydrogen-bond donors (Lipinski definition) is 2. The monoisotopic (exact) mass is 463 g/mol. The molecule has 0 aliphatic carbocycles. The molecule has 0 fully saturated rings. The Hall–Kier alpha value is -4.11. The van der Waals surface area contributed by atoms with Gasteiger partial charge >= 0.3 is 11.9 Å². The zero-order valence-electron chi connectivity index (χ0n) is 18.9. The first-order valence-corrected chi connectivity index (χ1v) is 10.8. The molecule has 176 valence electrons. The fourth-order valence-corrected chi connectivity index (χ4v) is 4.02. The van der Waals surface area contributed by atoms with Crippen LogP contribution >= 0.6 is 0 Å². The second-order valence-corrected chi connectivity index (χ2v) is 7.63. The molecular formula is C25H25N3O6. The first-order chi connectivity index (χ1) is 16.5. The van der Waals surface area contributed by atoms with Crippen molar-refractivity contribution in [2.45, 2.75) is 6.92 Å². The number of aromatic nitrogens is 1. The Morgan fingerprint density at radius 2 is 1.97 bits per heavy atom. The van der Waals surface area contributed by atoms with E-state index < -0.39 is 17.8 Å². The molecule has 9 nitrogen and oxygen atoms in total. The molecule has 1 aliphatic heterocycles. The van der Waals surface area contributed by atoms with Gasteiger partial charge in [0.25, 0.3) is 5.91 Å². The lowest BCUT2D eigenvalue weighted by molar-refractivity contribution is -0.136. The van der Waals surface area contributed by atoms with Gasteiger partial charge < -0.3 is 29.2 Å². The van der Waals surface area contributed by atoms with Crippen LogP contribution in [0, 0.1) is 0 Å². The van der Waals surface area contributed by atoms with Crippen LogP contribution in [0.25, 0.3) is 16.6 Å². The van der Waals surface area contributed by atoms with Gasteiger partial charge in [0.1, 0.15) is 5.70 Å². The number of aliphatic hydroxyl groups excluding tert-OH is 1. The largest absolute Gasteiger partial charge is 0.466 e. The van der Waals surface area contributed by atoms with E-state index in [0.717, 1.165) is 11.1 Å². The Morgan fingerprint density at radius 1 is 1.15 bits per heavy atom. The molecule has 4 rings (SSSR count). The van der Waals surface area contributed by atoms with Gasteiger partial charge in [-0.15, -0.1) is 0 Å². The Balaban J connectivity index is 1.74. The molecule has 2 N–H and O–H groups in total. The van der Waals surface area contributed by atoms with Gasteiger partial charge in [-0.3, -0.25) is 4.79 Å². The van der Waals surface area contributed by atoms with Gasteiger partial charge in [-0.05, 0) is 36.8 Å². The summed E-state index contributed by atoms with van der Waals surface area (Å²) in [5.41, 5.74) is 3.41. The van der Waals surface area contributed by atoms with Crippen LogP contribution in [-0.4, -0.2) is 65.7 Å². The minimum Gasteiger partial charge on any atom is -0.466 e. The topological polar surface area (TPSA) is 110 Å². The maximum absolute atomic E-state index is 12.8. The van der Waals surface area contributed by atoms with Crippen molar-refractivity contribution < 1.29 is 29.0 Å². The number of β-amino-alcohol motifs (C(OH)–C–C–N with tert-alkyl or cyclic N) is 1. The van der Waals surface area contributed by atoms with Crippen molar-refractivity contribution in [1.82, 2.24) is 9.30 Å². The third-order valence-corrected chi connectivity index (χ3v) is 5.56. The van der Waals surface area contributed by atoms with Gasteiger partial charge in [0.05, 0.1) is 43.5 Å². The number of carbonyl (C=O) groups excluding carboxylic acids is 3. The molecule has 0 spiro atoms. The number of benzene rings is 1. The molecule has 0 atom stereocenters. The molecular weight excluding hydrogens is 438 g/mol. The molecule has 1 amide bonds. The average molecular weight is 463 g/mol. The summed E-state index contributed by atoms with van der Waals surface area (Å²) >= 11 is 0. The van der Waals surface area contributed by atoms with Gasteiger partial charge in [-0.2, -0.15) is 0 Å². The Morgan fingerprint density at radius 3 is 2.71 bits per heavy atom. The van der Waals surface area contributed by atoms with E-state index >= 15 is 0 Å². The molecule has 3 aromatic rings. The minimum absolute atomic E-state index is 0.0476. The van der Waals surface area contributed by atoms with Crippen LogP contribution < -0.4 is 5.32 Å². The molecule has 0 unspecified atom stereocenters. The van der Waals surface area contributed by atoms with Crippen LogP contribution in [0.5, 0.6) is 0 Å². The van der Waals surface area contributed by atoms with Gasteiger partial charge in [0.2, 0.25) is 0 Å². The zero-order valence-corrected chi connectivity index (χ0v) is 18.9. The highest BCUT2D eigenvalue weighted by Gasteiger charge is 2.34. The van der Waals surface area contributed by atoms with Crippen molar-refractivity contribution in [3.05, 3.63) is 71.7 Å². The summed E-state index contributed by atoms with van der Waals surface area (Å²) < 4.78 is 12.0. The third kappa shape index (κ3) is 4.25. The molecule has 0 saturated carbocycles. The summed E-state index contributed by atoms with van der Waals surface area (Å²) in [4.78, 5) is 39.3. The van der Waals surface area contributed by atoms with Crippen molar-refractivity contribution in [2.75, 3.05) is 38.7 Å². The first-order valence-electron chi connectivity index (χ1n) is 10.8. The standard InChI is InChI=1S/C25H25N3O6/c1-3-34-25(32)21-18(14-27-10-5-4-9-20(21)27)16-7-6-8-17(13-16)26-22-19(24(31)33-2)15-28(11-12-29)23(22)30/h4-10,13-14,26,29H,3,11-12,15H2,1-2H3. The molecule has 0 radical (unpaired) electrons. The van der Waals surface area contributed by atoms with Crippen LogP contribution in [0.1, 0.15) is 17.3 Å². The zero-order chi connectivity index (χ0) is 24.2. The molecule has 34 heavy (non-hydrogen) atoms. The Bertz CT molecular complexity index is 1290. The molecule has 0 saturated heterocycles. The number of amides is 1. The van der Waals surface area contributed by atoms with Crippen molar-refractivity contribution in [3.63, 3.8) is 0 Å². The third-order valence-electron chi connectivity index (χ3n) is 5.56. The van der Waals surface area contributed by atoms with E-state index in [4.69, 9.17) is 9.47 Å². The highest BCUT2D eigenvalue weighted by Crippen LogP contribution is 2.32. The summed E-state index contributed by atoms with van der Waals surface area (Å²) in [7, 11) is 1.25. The number of hydrogen-bond acceptors (Lipinski definition) is 7. The van der Waals surface area contributed by atoms with Crippen LogP contribution in [0.4, 0.5) is 5.69 Å². The lowest BCUT2D eigenvalue weighted by Crippen LogP contribution is -2.31. The quantitative estimate of drug-likeness (QED) is 0.494. The maximum Gasteiger partial charge on any atom is 0.340 e. The molecule has 9 heteroatoms. The molecule has 0 bridgehead atoms. The van der Waals surface area contributed by atoms with E-state index in [1.807, 2.05) is 41.1 Å². The Kier molecular flexibility index (Phi) is 6.65. The van der Waals surface area contributed by atoms with E-state index in [-0.39, 0.29) is 37.6 Å². The number of methoxy groups -OCH3 is 1. The summed E-state index contributed by atoms with van der Waals surface area (Å²) in [5, 5.41) is 12.3. The number of fused-ring (bicyclic) bond motifs is 1. The van der Waals surface area contributed by atoms with Crippen LogP contribution in [0.2, 0.25) is 0 Å². The molecule has 3 heterocycles. The smallest absolute Gasteiger partial charge is 0.340 e. The number of rotatable bonds is 8. The van der Waals surface area contributed by atoms with E-state index in [9.17, 15) is 19.5 Å². The maximum atomic E-state index is 12.8. The number of ether oxygens (including phenoxy) is 2. The van der Waals surface area contributed by atoms with Crippen molar-refractivity contribution in [1.29, 1.82) is 0 Å². The molecule has 1 aliphatic rings. The van der Waals surface area contributed by atoms with Gasteiger partial charge in [-0.25, -0.2) is 9.59 Å². The number of nitrogens with one attached hydrogen (secondary N) is 1. The number of esters is 2. The van der Waals surface area contributed by atoms with Gasteiger partial charge in [0.15, 0.2) is 0 Å². The lowest BCUT2D eigenvalue weighted by Gasteiger charge is -2.15. The average Bonchev–Trinajstić information content (AvgIpc) is 3.38. The fourth-order valence-electron chi connectivity index (χ4n) is 4.02. The van der Waals surface area contributed by atoms with Crippen molar-refractivity contribution in [2.24, 2.45) is 0 Å². The minimum atomic E-state index is -0.615. The number of pyridine rings is 1. The summed E-state index contributed by atoms with van der Waals surface area (Å²) in [6.45, 7) is 1.94. The van der Waals surface area contributed by atoms with Gasteiger partial charge in [0, 0.05) is 30.2 Å². The highest BCUT2D eigenvalue weighted by molar-refractivity contribution is 6.09. The van der Waals surface area contributed by atoms with Crippen molar-refractivity contribution >= 4 is 29.0 Å². The summed E-state index contributed by atoms with van der Waals surface area (Å²) in [6.07, 6.45) is 3.70. The van der Waals surface area contributed by atoms with Crippen LogP contribution in [0.15, 0.2) is 66.1 Å². The predicted molar refractivity (Wildman–Crippen MR) is 125 cm³/mol. The Labute approximate surface area is 196 Å². The number of nitrogens with zero attached hydrogens (tertiary/aromatic N) is 2. The van der Waals surface area contributed by atoms with E-state index in [1.54, 1.807) is 25.1 Å². The highest BCUT2D eigenvalue weighted by atomic mass is 16.5. The summed E-state index contributed by atoms with van der Waals surface area (Å²) in [6, 6.07) is 12.8. The van der Waals surface area contributed by atoms with E-state index in [0.29, 0.717) is 16.8 Å². The van der Waals surface area contributed by atoms with Crippen LogP contribution in [-0.2, 0) is 19.1 Å².